The standard InChI is InChI=1S/C13H14FN/c1-10(2)15-8-7-12(9-15)11-3-5-13(14)6-4-11/h3-10H,1-2H3. The zero-order valence-corrected chi connectivity index (χ0v) is 8.94. The molecule has 0 unspecified atom stereocenters. The number of benzene rings is 1. The van der Waals surface area contributed by atoms with Crippen LogP contribution in [0.1, 0.15) is 19.9 Å². The second kappa shape index (κ2) is 3.89. The molecule has 0 aliphatic carbocycles. The molecule has 0 aliphatic heterocycles. The fourth-order valence-corrected chi connectivity index (χ4v) is 1.55. The Morgan fingerprint density at radius 3 is 2.20 bits per heavy atom. The van der Waals surface area contributed by atoms with Gasteiger partial charge in [-0.1, -0.05) is 12.1 Å². The normalized spacial score (nSPS) is 10.9. The predicted octanol–water partition coefficient (Wildman–Crippen LogP) is 3.88. The molecular formula is C13H14FN. The van der Waals surface area contributed by atoms with Gasteiger partial charge in [0.1, 0.15) is 5.82 Å². The number of rotatable bonds is 2. The van der Waals surface area contributed by atoms with Gasteiger partial charge in [0.05, 0.1) is 0 Å². The second-order valence-electron chi connectivity index (χ2n) is 3.95. The number of halogens is 1. The van der Waals surface area contributed by atoms with Crippen molar-refractivity contribution in [1.29, 1.82) is 0 Å². The van der Waals surface area contributed by atoms with Crippen molar-refractivity contribution in [2.24, 2.45) is 0 Å². The maximum atomic E-state index is 12.7. The van der Waals surface area contributed by atoms with Gasteiger partial charge in [-0.25, -0.2) is 4.39 Å². The summed E-state index contributed by atoms with van der Waals surface area (Å²) >= 11 is 0. The molecule has 2 rings (SSSR count). The quantitative estimate of drug-likeness (QED) is 0.698. The summed E-state index contributed by atoms with van der Waals surface area (Å²) in [6, 6.07) is 9.08. The van der Waals surface area contributed by atoms with Gasteiger partial charge in [-0.3, -0.25) is 0 Å². The maximum absolute atomic E-state index is 12.7. The van der Waals surface area contributed by atoms with E-state index in [9.17, 15) is 4.39 Å². The van der Waals surface area contributed by atoms with E-state index in [1.54, 1.807) is 12.1 Å². The van der Waals surface area contributed by atoms with Crippen molar-refractivity contribution < 1.29 is 4.39 Å². The van der Waals surface area contributed by atoms with Crippen molar-refractivity contribution >= 4 is 0 Å². The van der Waals surface area contributed by atoms with Gasteiger partial charge in [0.15, 0.2) is 0 Å². The highest BCUT2D eigenvalue weighted by Crippen LogP contribution is 2.21. The zero-order valence-electron chi connectivity index (χ0n) is 8.94. The Bertz CT molecular complexity index is 440. The van der Waals surface area contributed by atoms with Gasteiger partial charge < -0.3 is 4.57 Å². The van der Waals surface area contributed by atoms with Crippen molar-refractivity contribution in [3.05, 3.63) is 48.5 Å². The maximum Gasteiger partial charge on any atom is 0.123 e. The Balaban J connectivity index is 2.33. The van der Waals surface area contributed by atoms with Crippen LogP contribution in [0.5, 0.6) is 0 Å². The Kier molecular flexibility index (Phi) is 2.58. The van der Waals surface area contributed by atoms with Crippen LogP contribution >= 0.6 is 0 Å². The molecule has 1 heterocycles. The molecule has 78 valence electrons. The number of aromatic nitrogens is 1. The molecule has 0 saturated heterocycles. The molecule has 0 saturated carbocycles. The van der Waals surface area contributed by atoms with Crippen LogP contribution in [-0.2, 0) is 0 Å². The first-order valence-corrected chi connectivity index (χ1v) is 5.10. The van der Waals surface area contributed by atoms with Crippen LogP contribution < -0.4 is 0 Å². The molecule has 2 aromatic rings. The SMILES string of the molecule is CC(C)n1ccc(-c2ccc(F)cc2)c1. The molecule has 0 spiro atoms. The third-order valence-corrected chi connectivity index (χ3v) is 2.49. The van der Waals surface area contributed by atoms with Gasteiger partial charge in [0, 0.05) is 18.4 Å². The first-order valence-electron chi connectivity index (χ1n) is 5.10. The summed E-state index contributed by atoms with van der Waals surface area (Å²) in [7, 11) is 0. The molecule has 1 nitrogen and oxygen atoms in total. The van der Waals surface area contributed by atoms with Gasteiger partial charge in [-0.2, -0.15) is 0 Å². The lowest BCUT2D eigenvalue weighted by Crippen LogP contribution is -1.95. The minimum atomic E-state index is -0.193. The molecule has 0 fully saturated rings. The Hall–Kier alpha value is -1.57. The van der Waals surface area contributed by atoms with Crippen LogP contribution in [-0.4, -0.2) is 4.57 Å². The Morgan fingerprint density at radius 2 is 1.67 bits per heavy atom. The van der Waals surface area contributed by atoms with Crippen molar-refractivity contribution in [2.45, 2.75) is 19.9 Å². The Labute approximate surface area is 89.2 Å². The smallest absolute Gasteiger partial charge is 0.123 e. The summed E-state index contributed by atoms with van der Waals surface area (Å²) in [5, 5.41) is 0. The summed E-state index contributed by atoms with van der Waals surface area (Å²) in [5.74, 6) is -0.193. The van der Waals surface area contributed by atoms with E-state index in [0.717, 1.165) is 11.1 Å². The van der Waals surface area contributed by atoms with E-state index in [-0.39, 0.29) is 5.82 Å². The fourth-order valence-electron chi connectivity index (χ4n) is 1.55. The van der Waals surface area contributed by atoms with E-state index in [1.165, 1.54) is 12.1 Å². The molecule has 1 aromatic carbocycles. The van der Waals surface area contributed by atoms with Crippen LogP contribution in [0, 0.1) is 5.82 Å². The van der Waals surface area contributed by atoms with Crippen molar-refractivity contribution in [3.63, 3.8) is 0 Å². The minimum absolute atomic E-state index is 0.193. The van der Waals surface area contributed by atoms with Gasteiger partial charge in [0.25, 0.3) is 0 Å². The van der Waals surface area contributed by atoms with E-state index < -0.39 is 0 Å². The zero-order chi connectivity index (χ0) is 10.8. The summed E-state index contributed by atoms with van der Waals surface area (Å²) in [5.41, 5.74) is 2.18. The van der Waals surface area contributed by atoms with Gasteiger partial charge >= 0.3 is 0 Å². The largest absolute Gasteiger partial charge is 0.351 e. The summed E-state index contributed by atoms with van der Waals surface area (Å²) < 4.78 is 14.9. The minimum Gasteiger partial charge on any atom is -0.351 e. The highest BCUT2D eigenvalue weighted by molar-refractivity contribution is 5.62. The first-order chi connectivity index (χ1) is 7.16. The van der Waals surface area contributed by atoms with Crippen molar-refractivity contribution in [1.82, 2.24) is 4.57 Å². The third-order valence-electron chi connectivity index (χ3n) is 2.49. The molecule has 2 heteroatoms. The van der Waals surface area contributed by atoms with Crippen molar-refractivity contribution in [2.75, 3.05) is 0 Å². The van der Waals surface area contributed by atoms with Gasteiger partial charge in [-0.15, -0.1) is 0 Å². The van der Waals surface area contributed by atoms with E-state index in [1.807, 2.05) is 12.3 Å². The van der Waals surface area contributed by atoms with Crippen LogP contribution in [0.15, 0.2) is 42.7 Å². The molecule has 0 bridgehead atoms. The molecule has 0 amide bonds. The molecule has 0 radical (unpaired) electrons. The number of nitrogens with zero attached hydrogens (tertiary/aromatic N) is 1. The highest BCUT2D eigenvalue weighted by atomic mass is 19.1. The highest BCUT2D eigenvalue weighted by Gasteiger charge is 2.02. The molecule has 0 aliphatic rings. The summed E-state index contributed by atoms with van der Waals surface area (Å²) in [6.07, 6.45) is 4.13. The summed E-state index contributed by atoms with van der Waals surface area (Å²) in [6.45, 7) is 4.27. The van der Waals surface area contributed by atoms with E-state index in [0.29, 0.717) is 6.04 Å². The van der Waals surface area contributed by atoms with Crippen LogP contribution in [0.4, 0.5) is 4.39 Å². The fraction of sp³-hybridized carbons (Fsp3) is 0.231. The molecule has 1 aromatic heterocycles. The third kappa shape index (κ3) is 2.09. The van der Waals surface area contributed by atoms with Crippen molar-refractivity contribution in [3.8, 4) is 11.1 Å². The van der Waals surface area contributed by atoms with E-state index in [2.05, 4.69) is 24.6 Å². The number of hydrogen-bond donors (Lipinski definition) is 0. The summed E-state index contributed by atoms with van der Waals surface area (Å²) in [4.78, 5) is 0. The molecule has 15 heavy (non-hydrogen) atoms. The average Bonchev–Trinajstić information content (AvgIpc) is 2.68. The van der Waals surface area contributed by atoms with Gasteiger partial charge in [0.2, 0.25) is 0 Å². The van der Waals surface area contributed by atoms with Crippen LogP contribution in [0.3, 0.4) is 0 Å². The van der Waals surface area contributed by atoms with Crippen LogP contribution in [0.2, 0.25) is 0 Å². The molecule has 0 N–H and O–H groups in total. The number of hydrogen-bond acceptors (Lipinski definition) is 0. The lowest BCUT2D eigenvalue weighted by Gasteiger charge is -2.05. The average molecular weight is 203 g/mol. The molecular weight excluding hydrogens is 189 g/mol. The second-order valence-corrected chi connectivity index (χ2v) is 3.95. The lowest BCUT2D eigenvalue weighted by molar-refractivity contribution is 0.604. The van der Waals surface area contributed by atoms with Crippen LogP contribution in [0.25, 0.3) is 11.1 Å². The monoisotopic (exact) mass is 203 g/mol. The first kappa shape index (κ1) is 9.97. The predicted molar refractivity (Wildman–Crippen MR) is 60.2 cm³/mol. The van der Waals surface area contributed by atoms with E-state index >= 15 is 0 Å². The van der Waals surface area contributed by atoms with E-state index in [4.69, 9.17) is 0 Å². The Morgan fingerprint density at radius 1 is 1.00 bits per heavy atom. The molecule has 0 atom stereocenters. The van der Waals surface area contributed by atoms with Gasteiger partial charge in [-0.05, 0) is 43.2 Å². The topological polar surface area (TPSA) is 4.93 Å². The lowest BCUT2D eigenvalue weighted by atomic mass is 10.1.